The Bertz CT molecular complexity index is 381. The van der Waals surface area contributed by atoms with Crippen LogP contribution in [0.1, 0.15) is 44.2 Å². The van der Waals surface area contributed by atoms with Crippen molar-refractivity contribution in [2.75, 3.05) is 0 Å². The molecule has 0 bridgehead atoms. The third kappa shape index (κ3) is 1.89. The van der Waals surface area contributed by atoms with Gasteiger partial charge in [0.2, 0.25) is 0 Å². The summed E-state index contributed by atoms with van der Waals surface area (Å²) < 4.78 is 0. The minimum absolute atomic E-state index is 0.0148. The van der Waals surface area contributed by atoms with Crippen molar-refractivity contribution in [2.24, 2.45) is 11.1 Å². The lowest BCUT2D eigenvalue weighted by molar-refractivity contribution is 0.207. The van der Waals surface area contributed by atoms with Gasteiger partial charge in [-0.15, -0.1) is 0 Å². The number of hydrogen-bond donors (Lipinski definition) is 1. The van der Waals surface area contributed by atoms with Gasteiger partial charge in [-0.05, 0) is 42.7 Å². The second-order valence-electron chi connectivity index (χ2n) is 6.00. The quantitative estimate of drug-likeness (QED) is 0.806. The lowest BCUT2D eigenvalue weighted by atomic mass is 9.72. The van der Waals surface area contributed by atoms with Gasteiger partial charge in [0.15, 0.2) is 0 Å². The zero-order valence-corrected chi connectivity index (χ0v) is 10.7. The summed E-state index contributed by atoms with van der Waals surface area (Å²) in [6.07, 6.45) is 4.71. The number of hydrogen-bond acceptors (Lipinski definition) is 1. The second-order valence-corrected chi connectivity index (χ2v) is 6.00. The number of benzene rings is 1. The maximum absolute atomic E-state index is 6.64. The van der Waals surface area contributed by atoms with E-state index in [4.69, 9.17) is 5.73 Å². The summed E-state index contributed by atoms with van der Waals surface area (Å²) in [7, 11) is 0. The molecule has 2 N–H and O–H groups in total. The first kappa shape index (κ1) is 11.7. The van der Waals surface area contributed by atoms with Gasteiger partial charge in [-0.25, -0.2) is 0 Å². The lowest BCUT2D eigenvalue weighted by Crippen LogP contribution is -2.50. The van der Waals surface area contributed by atoms with Crippen molar-refractivity contribution >= 4 is 0 Å². The highest BCUT2D eigenvalue weighted by Crippen LogP contribution is 2.46. The van der Waals surface area contributed by atoms with Crippen molar-refractivity contribution in [1.82, 2.24) is 0 Å². The highest BCUT2D eigenvalue weighted by atomic mass is 14.8. The highest BCUT2D eigenvalue weighted by Gasteiger charge is 2.45. The van der Waals surface area contributed by atoms with Crippen molar-refractivity contribution in [2.45, 2.75) is 52.0 Å². The van der Waals surface area contributed by atoms with Crippen molar-refractivity contribution < 1.29 is 0 Å². The van der Waals surface area contributed by atoms with Crippen LogP contribution in [0.3, 0.4) is 0 Å². The van der Waals surface area contributed by atoms with Gasteiger partial charge >= 0.3 is 0 Å². The summed E-state index contributed by atoms with van der Waals surface area (Å²) >= 11 is 0. The van der Waals surface area contributed by atoms with Gasteiger partial charge in [-0.3, -0.25) is 0 Å². The summed E-state index contributed by atoms with van der Waals surface area (Å²) in [4.78, 5) is 0. The molecule has 16 heavy (non-hydrogen) atoms. The molecule has 1 saturated carbocycles. The first-order valence-corrected chi connectivity index (χ1v) is 6.28. The van der Waals surface area contributed by atoms with Crippen LogP contribution in [0.2, 0.25) is 0 Å². The topological polar surface area (TPSA) is 26.0 Å². The van der Waals surface area contributed by atoms with Gasteiger partial charge in [-0.2, -0.15) is 0 Å². The molecular weight excluding hydrogens is 194 g/mol. The van der Waals surface area contributed by atoms with Crippen molar-refractivity contribution in [3.8, 4) is 0 Å². The number of nitrogens with two attached hydrogens (primary N) is 1. The van der Waals surface area contributed by atoms with E-state index in [0.29, 0.717) is 0 Å². The van der Waals surface area contributed by atoms with Crippen molar-refractivity contribution in [3.63, 3.8) is 0 Å². The van der Waals surface area contributed by atoms with E-state index < -0.39 is 0 Å². The molecule has 1 aliphatic carbocycles. The molecule has 2 rings (SSSR count). The van der Waals surface area contributed by atoms with E-state index in [-0.39, 0.29) is 11.0 Å². The summed E-state index contributed by atoms with van der Waals surface area (Å²) in [6, 6.07) is 8.62. The Labute approximate surface area is 99.0 Å². The molecule has 0 radical (unpaired) electrons. The van der Waals surface area contributed by atoms with E-state index in [2.05, 4.69) is 45.0 Å². The zero-order chi connectivity index (χ0) is 11.8. The second kappa shape index (κ2) is 3.89. The standard InChI is InChI=1S/C15H23N/c1-12-7-4-5-8-13(12)11-15(16)10-6-9-14(15,2)3/h4-5,7-8H,6,9-11,16H2,1-3H3. The zero-order valence-electron chi connectivity index (χ0n) is 10.7. The number of aryl methyl sites for hydroxylation is 1. The predicted molar refractivity (Wildman–Crippen MR) is 69.4 cm³/mol. The van der Waals surface area contributed by atoms with Crippen LogP contribution in [0.15, 0.2) is 24.3 Å². The first-order valence-electron chi connectivity index (χ1n) is 6.28. The molecule has 0 saturated heterocycles. The average Bonchev–Trinajstić information content (AvgIpc) is 2.45. The van der Waals surface area contributed by atoms with Crippen LogP contribution in [-0.2, 0) is 6.42 Å². The molecule has 88 valence electrons. The molecule has 0 heterocycles. The predicted octanol–water partition coefficient (Wildman–Crippen LogP) is 3.45. The summed E-state index contributed by atoms with van der Waals surface area (Å²) in [5.41, 5.74) is 9.68. The third-order valence-electron chi connectivity index (χ3n) is 4.54. The molecule has 0 amide bonds. The molecule has 1 nitrogen and oxygen atoms in total. The fraction of sp³-hybridized carbons (Fsp3) is 0.600. The molecule has 1 heteroatoms. The molecule has 1 aromatic rings. The largest absolute Gasteiger partial charge is 0.324 e. The van der Waals surface area contributed by atoms with Crippen molar-refractivity contribution in [1.29, 1.82) is 0 Å². The molecule has 1 aromatic carbocycles. The maximum Gasteiger partial charge on any atom is 0.0247 e. The van der Waals surface area contributed by atoms with Crippen LogP contribution in [-0.4, -0.2) is 5.54 Å². The average molecular weight is 217 g/mol. The SMILES string of the molecule is Cc1ccccc1CC1(N)CCCC1(C)C. The molecule has 1 atom stereocenters. The molecule has 1 unspecified atom stereocenters. The summed E-state index contributed by atoms with van der Waals surface area (Å²) in [6.45, 7) is 6.82. The van der Waals surface area contributed by atoms with E-state index in [1.807, 2.05) is 0 Å². The fourth-order valence-corrected chi connectivity index (χ4v) is 2.91. The van der Waals surface area contributed by atoms with E-state index >= 15 is 0 Å². The van der Waals surface area contributed by atoms with Crippen LogP contribution in [0.4, 0.5) is 0 Å². The Hall–Kier alpha value is -0.820. The van der Waals surface area contributed by atoms with Gasteiger partial charge in [0.1, 0.15) is 0 Å². The fourth-order valence-electron chi connectivity index (χ4n) is 2.91. The Morgan fingerprint density at radius 3 is 2.44 bits per heavy atom. The highest BCUT2D eigenvalue weighted by molar-refractivity contribution is 5.28. The minimum Gasteiger partial charge on any atom is -0.324 e. The van der Waals surface area contributed by atoms with Crippen LogP contribution in [0, 0.1) is 12.3 Å². The van der Waals surface area contributed by atoms with Gasteiger partial charge in [-0.1, -0.05) is 44.5 Å². The Morgan fingerprint density at radius 1 is 1.19 bits per heavy atom. The van der Waals surface area contributed by atoms with E-state index in [0.717, 1.165) is 12.8 Å². The molecule has 1 aliphatic rings. The molecule has 1 fully saturated rings. The maximum atomic E-state index is 6.64. The first-order chi connectivity index (χ1) is 7.45. The Kier molecular flexibility index (Phi) is 2.83. The van der Waals surface area contributed by atoms with Gasteiger partial charge in [0.25, 0.3) is 0 Å². The summed E-state index contributed by atoms with van der Waals surface area (Å²) in [5.74, 6) is 0. The minimum atomic E-state index is -0.0148. The monoisotopic (exact) mass is 217 g/mol. The van der Waals surface area contributed by atoms with E-state index in [1.54, 1.807) is 0 Å². The van der Waals surface area contributed by atoms with Crippen LogP contribution in [0.5, 0.6) is 0 Å². The van der Waals surface area contributed by atoms with Crippen LogP contribution < -0.4 is 5.73 Å². The van der Waals surface area contributed by atoms with Gasteiger partial charge < -0.3 is 5.73 Å². The van der Waals surface area contributed by atoms with Gasteiger partial charge in [0, 0.05) is 5.54 Å². The van der Waals surface area contributed by atoms with Crippen LogP contribution in [0.25, 0.3) is 0 Å². The van der Waals surface area contributed by atoms with Crippen molar-refractivity contribution in [3.05, 3.63) is 35.4 Å². The Morgan fingerprint density at radius 2 is 1.88 bits per heavy atom. The summed E-state index contributed by atoms with van der Waals surface area (Å²) in [5, 5.41) is 0. The third-order valence-corrected chi connectivity index (χ3v) is 4.54. The van der Waals surface area contributed by atoms with E-state index in [9.17, 15) is 0 Å². The molecule has 0 aliphatic heterocycles. The smallest absolute Gasteiger partial charge is 0.0247 e. The molecule has 0 aromatic heterocycles. The Balaban J connectivity index is 2.25. The molecular formula is C15H23N. The lowest BCUT2D eigenvalue weighted by Gasteiger charge is -2.38. The molecule has 0 spiro atoms. The van der Waals surface area contributed by atoms with E-state index in [1.165, 1.54) is 24.0 Å². The van der Waals surface area contributed by atoms with Crippen LogP contribution >= 0.6 is 0 Å². The van der Waals surface area contributed by atoms with Gasteiger partial charge in [0.05, 0.1) is 0 Å². The number of rotatable bonds is 2. The normalized spacial score (nSPS) is 28.2.